The van der Waals surface area contributed by atoms with E-state index in [0.29, 0.717) is 19.3 Å². The average Bonchev–Trinajstić information content (AvgIpc) is 2.33. The maximum atomic E-state index is 12.2. The van der Waals surface area contributed by atoms with E-state index in [1.165, 1.54) is 0 Å². The summed E-state index contributed by atoms with van der Waals surface area (Å²) in [7, 11) is 0. The lowest BCUT2D eigenvalue weighted by Crippen LogP contribution is -2.56. The van der Waals surface area contributed by atoms with E-state index >= 15 is 0 Å². The summed E-state index contributed by atoms with van der Waals surface area (Å²) in [5, 5.41) is 12.0. The topological polar surface area (TPSA) is 92.4 Å². The molecule has 0 spiro atoms. The van der Waals surface area contributed by atoms with Gasteiger partial charge in [0.1, 0.15) is 0 Å². The van der Waals surface area contributed by atoms with E-state index in [1.807, 2.05) is 20.8 Å². The van der Waals surface area contributed by atoms with Crippen molar-refractivity contribution < 1.29 is 14.7 Å². The molecule has 20 heavy (non-hydrogen) atoms. The first kappa shape index (κ1) is 17.0. The maximum absolute atomic E-state index is 12.2. The predicted octanol–water partition coefficient (Wildman–Crippen LogP) is 1.90. The van der Waals surface area contributed by atoms with Gasteiger partial charge in [-0.25, -0.2) is 0 Å². The zero-order valence-electron chi connectivity index (χ0n) is 12.9. The fourth-order valence-electron chi connectivity index (χ4n) is 2.79. The number of rotatable bonds is 5. The average molecular weight is 284 g/mol. The third-order valence-electron chi connectivity index (χ3n) is 3.92. The molecule has 1 aliphatic rings. The number of nitrogens with one attached hydrogen (secondary N) is 1. The molecular weight excluding hydrogens is 256 g/mol. The molecule has 1 unspecified atom stereocenters. The molecule has 116 valence electrons. The Hall–Kier alpha value is -1.10. The lowest BCUT2D eigenvalue weighted by Gasteiger charge is -2.32. The van der Waals surface area contributed by atoms with Crippen LogP contribution in [0.3, 0.4) is 0 Å². The van der Waals surface area contributed by atoms with Gasteiger partial charge < -0.3 is 16.2 Å². The summed E-state index contributed by atoms with van der Waals surface area (Å²) in [5.41, 5.74) is 5.25. The molecule has 1 saturated carbocycles. The van der Waals surface area contributed by atoms with Gasteiger partial charge in [0, 0.05) is 6.54 Å². The van der Waals surface area contributed by atoms with Crippen molar-refractivity contribution in [3.05, 3.63) is 0 Å². The van der Waals surface area contributed by atoms with Crippen LogP contribution in [0.15, 0.2) is 0 Å². The molecule has 1 rings (SSSR count). The number of carbonyl (C=O) groups excluding carboxylic acids is 1. The first-order chi connectivity index (χ1) is 9.14. The number of amides is 1. The van der Waals surface area contributed by atoms with Crippen LogP contribution < -0.4 is 11.1 Å². The van der Waals surface area contributed by atoms with E-state index in [0.717, 1.165) is 19.3 Å². The van der Waals surface area contributed by atoms with Gasteiger partial charge in [0.25, 0.3) is 0 Å². The van der Waals surface area contributed by atoms with Crippen molar-refractivity contribution in [1.29, 1.82) is 0 Å². The van der Waals surface area contributed by atoms with Crippen molar-refractivity contribution >= 4 is 11.9 Å². The van der Waals surface area contributed by atoms with Crippen LogP contribution in [0.4, 0.5) is 0 Å². The summed E-state index contributed by atoms with van der Waals surface area (Å²) in [4.78, 5) is 23.4. The maximum Gasteiger partial charge on any atom is 0.308 e. The van der Waals surface area contributed by atoms with Crippen LogP contribution in [-0.2, 0) is 9.59 Å². The second-order valence-corrected chi connectivity index (χ2v) is 7.23. The first-order valence-electron chi connectivity index (χ1n) is 7.44. The van der Waals surface area contributed by atoms with Crippen molar-refractivity contribution in [2.45, 2.75) is 64.8 Å². The summed E-state index contributed by atoms with van der Waals surface area (Å²) in [5.74, 6) is -1.63. The Labute approximate surface area is 121 Å². The molecule has 0 heterocycles. The van der Waals surface area contributed by atoms with Gasteiger partial charge >= 0.3 is 5.97 Å². The zero-order chi connectivity index (χ0) is 15.4. The normalized spacial score (nSPS) is 20.2. The van der Waals surface area contributed by atoms with Crippen molar-refractivity contribution in [3.8, 4) is 0 Å². The van der Waals surface area contributed by atoms with Crippen molar-refractivity contribution in [3.63, 3.8) is 0 Å². The van der Waals surface area contributed by atoms with E-state index in [1.54, 1.807) is 0 Å². The van der Waals surface area contributed by atoms with E-state index in [-0.39, 0.29) is 17.9 Å². The number of aliphatic carboxylic acids is 1. The molecule has 0 radical (unpaired) electrons. The van der Waals surface area contributed by atoms with Crippen LogP contribution in [0.1, 0.15) is 59.3 Å². The van der Waals surface area contributed by atoms with Crippen LogP contribution in [0.2, 0.25) is 0 Å². The second kappa shape index (κ2) is 6.57. The Bertz CT molecular complexity index is 355. The van der Waals surface area contributed by atoms with E-state index in [2.05, 4.69) is 5.32 Å². The summed E-state index contributed by atoms with van der Waals surface area (Å²) in [6, 6.07) is 0. The summed E-state index contributed by atoms with van der Waals surface area (Å²) in [6.45, 7) is 6.15. The monoisotopic (exact) mass is 284 g/mol. The Kier molecular flexibility index (Phi) is 5.57. The molecule has 0 saturated heterocycles. The molecule has 0 aromatic rings. The summed E-state index contributed by atoms with van der Waals surface area (Å²) >= 11 is 0. The zero-order valence-corrected chi connectivity index (χ0v) is 12.9. The lowest BCUT2D eigenvalue weighted by molar-refractivity contribution is -0.142. The molecule has 4 N–H and O–H groups in total. The minimum atomic E-state index is -0.866. The largest absolute Gasteiger partial charge is 0.481 e. The van der Waals surface area contributed by atoms with Gasteiger partial charge in [0.15, 0.2) is 0 Å². The molecule has 1 fully saturated rings. The van der Waals surface area contributed by atoms with Crippen molar-refractivity contribution in [2.75, 3.05) is 6.54 Å². The van der Waals surface area contributed by atoms with Crippen LogP contribution >= 0.6 is 0 Å². The smallest absolute Gasteiger partial charge is 0.308 e. The van der Waals surface area contributed by atoms with E-state index in [9.17, 15) is 14.7 Å². The van der Waals surface area contributed by atoms with Crippen LogP contribution in [0.5, 0.6) is 0 Å². The van der Waals surface area contributed by atoms with E-state index < -0.39 is 17.4 Å². The molecule has 0 bridgehead atoms. The van der Waals surface area contributed by atoms with Gasteiger partial charge in [0.05, 0.1) is 11.5 Å². The Morgan fingerprint density at radius 2 is 1.80 bits per heavy atom. The number of nitrogens with two attached hydrogens (primary N) is 1. The fraction of sp³-hybridized carbons (Fsp3) is 0.867. The standard InChI is InChI=1S/C15H28N2O3/c1-14(2,3)9-11(12(18)19)10-17-13(20)15(16)7-5-4-6-8-15/h11H,4-10,16H2,1-3H3,(H,17,20)(H,18,19). The number of carbonyl (C=O) groups is 2. The predicted molar refractivity (Wildman–Crippen MR) is 78.2 cm³/mol. The number of hydrogen-bond acceptors (Lipinski definition) is 3. The highest BCUT2D eigenvalue weighted by atomic mass is 16.4. The molecule has 1 atom stereocenters. The molecule has 1 amide bonds. The van der Waals surface area contributed by atoms with Gasteiger partial charge in [-0.3, -0.25) is 9.59 Å². The summed E-state index contributed by atoms with van der Waals surface area (Å²) in [6.07, 6.45) is 4.96. The van der Waals surface area contributed by atoms with Crippen molar-refractivity contribution in [2.24, 2.45) is 17.1 Å². The summed E-state index contributed by atoms with van der Waals surface area (Å²) < 4.78 is 0. The van der Waals surface area contributed by atoms with Crippen LogP contribution in [0, 0.1) is 11.3 Å². The third-order valence-corrected chi connectivity index (χ3v) is 3.92. The first-order valence-corrected chi connectivity index (χ1v) is 7.44. The van der Waals surface area contributed by atoms with Gasteiger partial charge in [-0.1, -0.05) is 40.0 Å². The van der Waals surface area contributed by atoms with Crippen molar-refractivity contribution in [1.82, 2.24) is 5.32 Å². The number of carboxylic acids is 1. The SMILES string of the molecule is CC(C)(C)CC(CNC(=O)C1(N)CCCCC1)C(=O)O. The van der Waals surface area contributed by atoms with Gasteiger partial charge in [-0.2, -0.15) is 0 Å². The number of carboxylic acid groups (broad SMARTS) is 1. The molecule has 5 nitrogen and oxygen atoms in total. The number of hydrogen-bond donors (Lipinski definition) is 3. The highest BCUT2D eigenvalue weighted by Gasteiger charge is 2.36. The van der Waals surface area contributed by atoms with Crippen LogP contribution in [-0.4, -0.2) is 29.1 Å². The lowest BCUT2D eigenvalue weighted by atomic mass is 9.81. The quantitative estimate of drug-likeness (QED) is 0.719. The Morgan fingerprint density at radius 1 is 1.25 bits per heavy atom. The van der Waals surface area contributed by atoms with Gasteiger partial charge in [0.2, 0.25) is 5.91 Å². The Morgan fingerprint density at radius 3 is 2.25 bits per heavy atom. The highest BCUT2D eigenvalue weighted by Crippen LogP contribution is 2.27. The fourth-order valence-corrected chi connectivity index (χ4v) is 2.79. The molecule has 0 aromatic carbocycles. The van der Waals surface area contributed by atoms with Gasteiger partial charge in [-0.05, 0) is 24.7 Å². The Balaban J connectivity index is 2.54. The minimum Gasteiger partial charge on any atom is -0.481 e. The molecule has 0 aromatic heterocycles. The van der Waals surface area contributed by atoms with Gasteiger partial charge in [-0.15, -0.1) is 0 Å². The second-order valence-electron chi connectivity index (χ2n) is 7.23. The third kappa shape index (κ3) is 5.12. The molecule has 1 aliphatic carbocycles. The molecule has 0 aliphatic heterocycles. The minimum absolute atomic E-state index is 0.0843. The van der Waals surface area contributed by atoms with Crippen LogP contribution in [0.25, 0.3) is 0 Å². The molecule has 5 heteroatoms. The highest BCUT2D eigenvalue weighted by molar-refractivity contribution is 5.86. The van der Waals surface area contributed by atoms with E-state index in [4.69, 9.17) is 5.73 Å². The molecular formula is C15H28N2O3.